The van der Waals surface area contributed by atoms with Crippen molar-refractivity contribution in [2.24, 2.45) is 5.10 Å². The molecule has 118 valence electrons. The Morgan fingerprint density at radius 3 is 2.81 bits per heavy atom. The molecule has 0 saturated carbocycles. The molecule has 0 fully saturated rings. The molecule has 1 aromatic carbocycles. The Labute approximate surface area is 127 Å². The van der Waals surface area contributed by atoms with Crippen molar-refractivity contribution in [3.8, 4) is 11.5 Å². The summed E-state index contributed by atoms with van der Waals surface area (Å²) in [6.07, 6.45) is 6.41. The fourth-order valence-corrected chi connectivity index (χ4v) is 1.83. The molecule has 0 aromatic heterocycles. The third-order valence-electron chi connectivity index (χ3n) is 2.97. The van der Waals surface area contributed by atoms with Crippen LogP contribution in [0.25, 0.3) is 0 Å². The second kappa shape index (κ2) is 11.0. The molecule has 0 spiro atoms. The Morgan fingerprint density at radius 2 is 2.10 bits per heavy atom. The number of aliphatic hydroxyl groups is 1. The molecule has 0 amide bonds. The first-order chi connectivity index (χ1) is 10.3. The van der Waals surface area contributed by atoms with Crippen LogP contribution in [0, 0.1) is 0 Å². The molecule has 0 unspecified atom stereocenters. The molecule has 1 rings (SSSR count). The summed E-state index contributed by atoms with van der Waals surface area (Å²) >= 11 is 0. The minimum absolute atomic E-state index is 0.0610. The van der Waals surface area contributed by atoms with E-state index in [9.17, 15) is 0 Å². The van der Waals surface area contributed by atoms with Crippen molar-refractivity contribution in [1.82, 2.24) is 5.43 Å². The summed E-state index contributed by atoms with van der Waals surface area (Å²) in [6.45, 7) is 3.40. The van der Waals surface area contributed by atoms with Gasteiger partial charge in [0.1, 0.15) is 0 Å². The summed E-state index contributed by atoms with van der Waals surface area (Å²) in [4.78, 5) is 0. The number of aliphatic hydroxyl groups excluding tert-OH is 1. The van der Waals surface area contributed by atoms with E-state index in [-0.39, 0.29) is 6.61 Å². The number of rotatable bonds is 11. The zero-order chi connectivity index (χ0) is 15.3. The largest absolute Gasteiger partial charge is 0.493 e. The van der Waals surface area contributed by atoms with Crippen LogP contribution in [0.1, 0.15) is 38.2 Å². The Balaban J connectivity index is 2.51. The summed E-state index contributed by atoms with van der Waals surface area (Å²) in [5.41, 5.74) is 3.65. The monoisotopic (exact) mass is 294 g/mol. The highest BCUT2D eigenvalue weighted by atomic mass is 16.5. The maximum absolute atomic E-state index is 8.65. The van der Waals surface area contributed by atoms with Crippen LogP contribution in [0.2, 0.25) is 0 Å². The first kappa shape index (κ1) is 17.3. The molecule has 0 aliphatic carbocycles. The van der Waals surface area contributed by atoms with Crippen LogP contribution in [0.4, 0.5) is 0 Å². The minimum atomic E-state index is 0.0610. The van der Waals surface area contributed by atoms with E-state index in [0.29, 0.717) is 18.9 Å². The van der Waals surface area contributed by atoms with Crippen molar-refractivity contribution >= 4 is 6.21 Å². The average molecular weight is 294 g/mol. The van der Waals surface area contributed by atoms with Crippen molar-refractivity contribution in [1.29, 1.82) is 0 Å². The van der Waals surface area contributed by atoms with Gasteiger partial charge in [0.2, 0.25) is 0 Å². The Bertz CT molecular complexity index is 422. The van der Waals surface area contributed by atoms with E-state index in [0.717, 1.165) is 17.7 Å². The normalized spacial score (nSPS) is 10.8. The number of ether oxygens (including phenoxy) is 2. The van der Waals surface area contributed by atoms with Gasteiger partial charge in [0.15, 0.2) is 11.5 Å². The number of nitrogens with zero attached hydrogens (tertiary/aromatic N) is 1. The fourth-order valence-electron chi connectivity index (χ4n) is 1.83. The average Bonchev–Trinajstić information content (AvgIpc) is 2.52. The SMILES string of the molecule is CCCCCCOc1ccc(C=NNCCO)cc1OC. The number of methoxy groups -OCH3 is 1. The van der Waals surface area contributed by atoms with Crippen molar-refractivity contribution < 1.29 is 14.6 Å². The molecule has 5 nitrogen and oxygen atoms in total. The summed E-state index contributed by atoms with van der Waals surface area (Å²) < 4.78 is 11.1. The number of hydrogen-bond acceptors (Lipinski definition) is 5. The third kappa shape index (κ3) is 6.99. The lowest BCUT2D eigenvalue weighted by molar-refractivity contribution is 0.285. The Kier molecular flexibility index (Phi) is 9.04. The summed E-state index contributed by atoms with van der Waals surface area (Å²) in [7, 11) is 1.63. The van der Waals surface area contributed by atoms with Crippen LogP contribution >= 0.6 is 0 Å². The fraction of sp³-hybridized carbons (Fsp3) is 0.562. The third-order valence-corrected chi connectivity index (χ3v) is 2.97. The zero-order valence-corrected chi connectivity index (χ0v) is 13.0. The van der Waals surface area contributed by atoms with E-state index in [1.165, 1.54) is 19.3 Å². The standard InChI is InChI=1S/C16H26N2O3/c1-3-4-5-6-11-21-15-8-7-14(12-16(15)20-2)13-18-17-9-10-19/h7-8,12-13,17,19H,3-6,9-11H2,1-2H3. The number of hydrogen-bond donors (Lipinski definition) is 2. The second-order valence-electron chi connectivity index (χ2n) is 4.71. The minimum Gasteiger partial charge on any atom is -0.493 e. The predicted octanol–water partition coefficient (Wildman–Crippen LogP) is 2.57. The van der Waals surface area contributed by atoms with Crippen molar-refractivity contribution in [3.05, 3.63) is 23.8 Å². The van der Waals surface area contributed by atoms with Crippen LogP contribution in [-0.4, -0.2) is 38.2 Å². The van der Waals surface area contributed by atoms with Gasteiger partial charge in [0, 0.05) is 0 Å². The Morgan fingerprint density at radius 1 is 1.24 bits per heavy atom. The number of unbranched alkanes of at least 4 members (excludes halogenated alkanes) is 3. The van der Waals surface area contributed by atoms with Gasteiger partial charge in [-0.05, 0) is 30.2 Å². The molecule has 0 aliphatic heterocycles. The molecule has 2 N–H and O–H groups in total. The Hall–Kier alpha value is -1.75. The highest BCUT2D eigenvalue weighted by molar-refractivity contribution is 5.80. The van der Waals surface area contributed by atoms with Gasteiger partial charge in [0.05, 0.1) is 33.1 Å². The smallest absolute Gasteiger partial charge is 0.161 e. The summed E-state index contributed by atoms with van der Waals surface area (Å²) in [5, 5.41) is 12.6. The van der Waals surface area contributed by atoms with E-state index >= 15 is 0 Å². The topological polar surface area (TPSA) is 63.1 Å². The van der Waals surface area contributed by atoms with Crippen LogP contribution in [0.3, 0.4) is 0 Å². The van der Waals surface area contributed by atoms with Crippen LogP contribution in [0.5, 0.6) is 11.5 Å². The summed E-state index contributed by atoms with van der Waals surface area (Å²) in [5.74, 6) is 1.46. The lowest BCUT2D eigenvalue weighted by atomic mass is 10.2. The van der Waals surface area contributed by atoms with E-state index in [2.05, 4.69) is 17.5 Å². The van der Waals surface area contributed by atoms with Crippen LogP contribution < -0.4 is 14.9 Å². The van der Waals surface area contributed by atoms with Crippen molar-refractivity contribution in [3.63, 3.8) is 0 Å². The van der Waals surface area contributed by atoms with E-state index < -0.39 is 0 Å². The molecule has 21 heavy (non-hydrogen) atoms. The number of hydrazone groups is 1. The number of benzene rings is 1. The van der Waals surface area contributed by atoms with Crippen molar-refractivity contribution in [2.75, 3.05) is 26.9 Å². The highest BCUT2D eigenvalue weighted by Crippen LogP contribution is 2.27. The van der Waals surface area contributed by atoms with Crippen molar-refractivity contribution in [2.45, 2.75) is 32.6 Å². The first-order valence-corrected chi connectivity index (χ1v) is 7.49. The molecule has 0 heterocycles. The van der Waals surface area contributed by atoms with Gasteiger partial charge >= 0.3 is 0 Å². The van der Waals surface area contributed by atoms with Gasteiger partial charge in [-0.1, -0.05) is 26.2 Å². The van der Waals surface area contributed by atoms with Gasteiger partial charge in [-0.3, -0.25) is 0 Å². The predicted molar refractivity (Wildman–Crippen MR) is 85.3 cm³/mol. The molecular weight excluding hydrogens is 268 g/mol. The molecule has 0 saturated heterocycles. The van der Waals surface area contributed by atoms with Gasteiger partial charge in [-0.25, -0.2) is 0 Å². The van der Waals surface area contributed by atoms with Gasteiger partial charge in [-0.2, -0.15) is 5.10 Å². The van der Waals surface area contributed by atoms with Gasteiger partial charge < -0.3 is 20.0 Å². The molecule has 0 bridgehead atoms. The lowest BCUT2D eigenvalue weighted by Gasteiger charge is -2.11. The molecule has 0 aliphatic rings. The lowest BCUT2D eigenvalue weighted by Crippen LogP contribution is -2.11. The van der Waals surface area contributed by atoms with E-state index in [4.69, 9.17) is 14.6 Å². The maximum atomic E-state index is 8.65. The first-order valence-electron chi connectivity index (χ1n) is 7.49. The second-order valence-corrected chi connectivity index (χ2v) is 4.71. The zero-order valence-electron chi connectivity index (χ0n) is 13.0. The van der Waals surface area contributed by atoms with Crippen LogP contribution in [-0.2, 0) is 0 Å². The quantitative estimate of drug-likeness (QED) is 0.374. The molecule has 5 heteroatoms. The van der Waals surface area contributed by atoms with Gasteiger partial charge in [0.25, 0.3) is 0 Å². The molecule has 0 atom stereocenters. The van der Waals surface area contributed by atoms with E-state index in [1.54, 1.807) is 13.3 Å². The number of nitrogens with one attached hydrogen (secondary N) is 1. The molecular formula is C16H26N2O3. The molecule has 0 radical (unpaired) electrons. The molecule has 1 aromatic rings. The highest BCUT2D eigenvalue weighted by Gasteiger charge is 2.04. The maximum Gasteiger partial charge on any atom is 0.161 e. The van der Waals surface area contributed by atoms with Gasteiger partial charge in [-0.15, -0.1) is 0 Å². The van der Waals surface area contributed by atoms with E-state index in [1.807, 2.05) is 18.2 Å². The summed E-state index contributed by atoms with van der Waals surface area (Å²) in [6, 6.07) is 5.70. The van der Waals surface area contributed by atoms with Crippen LogP contribution in [0.15, 0.2) is 23.3 Å².